The Labute approximate surface area is 148 Å². The molecule has 2 N–H and O–H groups in total. The molecule has 1 aromatic heterocycles. The largest absolute Gasteiger partial charge is 0.497 e. The molecule has 0 saturated carbocycles. The van der Waals surface area contributed by atoms with E-state index in [1.54, 1.807) is 13.3 Å². The third-order valence-electron chi connectivity index (χ3n) is 4.31. The minimum absolute atomic E-state index is 0. The lowest BCUT2D eigenvalue weighted by molar-refractivity contribution is 0.0788. The highest BCUT2D eigenvalue weighted by Crippen LogP contribution is 2.26. The third kappa shape index (κ3) is 3.71. The van der Waals surface area contributed by atoms with Crippen LogP contribution in [0.25, 0.3) is 11.3 Å². The van der Waals surface area contributed by atoms with E-state index in [9.17, 15) is 4.79 Å². The molecule has 6 nitrogen and oxygen atoms in total. The number of aromatic nitrogens is 2. The van der Waals surface area contributed by atoms with Crippen LogP contribution in [0.15, 0.2) is 30.5 Å². The smallest absolute Gasteiger partial charge is 0.257 e. The first-order valence-electron chi connectivity index (χ1n) is 7.84. The van der Waals surface area contributed by atoms with Crippen LogP contribution in [0.2, 0.25) is 0 Å². The number of halogens is 1. The second kappa shape index (κ2) is 8.17. The number of hydrogen-bond donors (Lipinski definition) is 2. The molecule has 1 amide bonds. The molecule has 1 atom stereocenters. The zero-order chi connectivity index (χ0) is 16.2. The molecule has 2 aromatic rings. The summed E-state index contributed by atoms with van der Waals surface area (Å²) in [6.45, 7) is 2.55. The van der Waals surface area contributed by atoms with Gasteiger partial charge in [0.15, 0.2) is 0 Å². The van der Waals surface area contributed by atoms with Gasteiger partial charge in [-0.05, 0) is 50.2 Å². The zero-order valence-electron chi connectivity index (χ0n) is 13.9. The number of carbonyl (C=O) groups excluding carboxylic acids is 1. The van der Waals surface area contributed by atoms with Gasteiger partial charge in [-0.1, -0.05) is 0 Å². The summed E-state index contributed by atoms with van der Waals surface area (Å²) in [6, 6.07) is 7.61. The molecular formula is C17H23ClN4O2. The fourth-order valence-corrected chi connectivity index (χ4v) is 3.07. The molecule has 2 heterocycles. The predicted octanol–water partition coefficient (Wildman–Crippen LogP) is 2.19. The number of likely N-dealkylation sites (tertiary alicyclic amines) is 1. The summed E-state index contributed by atoms with van der Waals surface area (Å²) in [6.07, 6.45) is 2.66. The zero-order valence-corrected chi connectivity index (χ0v) is 14.7. The number of amides is 1. The van der Waals surface area contributed by atoms with Crippen molar-refractivity contribution in [3.63, 3.8) is 0 Å². The average Bonchev–Trinajstić information content (AvgIpc) is 3.24. The summed E-state index contributed by atoms with van der Waals surface area (Å²) in [5.74, 6) is 1.36. The number of hydrogen-bond acceptors (Lipinski definition) is 4. The van der Waals surface area contributed by atoms with Crippen molar-refractivity contribution >= 4 is 18.3 Å². The summed E-state index contributed by atoms with van der Waals surface area (Å²) in [5, 5.41) is 10.2. The van der Waals surface area contributed by atoms with E-state index in [1.807, 2.05) is 36.2 Å². The fourth-order valence-electron chi connectivity index (χ4n) is 3.07. The van der Waals surface area contributed by atoms with Crippen LogP contribution in [0.1, 0.15) is 16.8 Å². The topological polar surface area (TPSA) is 70.2 Å². The minimum atomic E-state index is 0. The molecule has 1 aliphatic heterocycles. The number of ether oxygens (including phenoxy) is 1. The molecule has 0 bridgehead atoms. The van der Waals surface area contributed by atoms with E-state index in [0.717, 1.165) is 43.1 Å². The van der Waals surface area contributed by atoms with Gasteiger partial charge in [0.2, 0.25) is 0 Å². The second-order valence-corrected chi connectivity index (χ2v) is 5.85. The van der Waals surface area contributed by atoms with Gasteiger partial charge in [0, 0.05) is 18.7 Å². The standard InChI is InChI=1S/C17H22N4O2.ClH/c1-18-9-12-7-8-21(11-12)17(22)15-10-19-20-16(15)13-3-5-14(23-2)6-4-13;/h3-6,10,12,18H,7-9,11H2,1-2H3,(H,19,20);1H. The fraction of sp³-hybridized carbons (Fsp3) is 0.412. The van der Waals surface area contributed by atoms with Gasteiger partial charge < -0.3 is 15.0 Å². The van der Waals surface area contributed by atoms with Crippen LogP contribution in [0.5, 0.6) is 5.75 Å². The molecule has 0 radical (unpaired) electrons. The number of H-pyrrole nitrogens is 1. The van der Waals surface area contributed by atoms with E-state index in [0.29, 0.717) is 11.5 Å². The molecule has 130 valence electrons. The number of carbonyl (C=O) groups is 1. The van der Waals surface area contributed by atoms with Gasteiger partial charge in [-0.25, -0.2) is 0 Å². The van der Waals surface area contributed by atoms with E-state index >= 15 is 0 Å². The molecule has 7 heteroatoms. The highest BCUT2D eigenvalue weighted by atomic mass is 35.5. The highest BCUT2D eigenvalue weighted by molar-refractivity contribution is 5.99. The second-order valence-electron chi connectivity index (χ2n) is 5.85. The summed E-state index contributed by atoms with van der Waals surface area (Å²) in [4.78, 5) is 14.7. The number of benzene rings is 1. The van der Waals surface area contributed by atoms with Crippen LogP contribution in [-0.2, 0) is 0 Å². The molecule has 0 aliphatic carbocycles. The van der Waals surface area contributed by atoms with Gasteiger partial charge in [0.1, 0.15) is 5.75 Å². The van der Waals surface area contributed by atoms with Crippen LogP contribution in [0.4, 0.5) is 0 Å². The Morgan fingerprint density at radius 1 is 1.42 bits per heavy atom. The molecule has 0 spiro atoms. The van der Waals surface area contributed by atoms with Crippen LogP contribution < -0.4 is 10.1 Å². The van der Waals surface area contributed by atoms with Gasteiger partial charge >= 0.3 is 0 Å². The number of rotatable bonds is 5. The van der Waals surface area contributed by atoms with Gasteiger partial charge in [-0.2, -0.15) is 5.10 Å². The number of nitrogens with one attached hydrogen (secondary N) is 2. The monoisotopic (exact) mass is 350 g/mol. The van der Waals surface area contributed by atoms with E-state index in [-0.39, 0.29) is 18.3 Å². The summed E-state index contributed by atoms with van der Waals surface area (Å²) in [5.41, 5.74) is 2.31. The van der Waals surface area contributed by atoms with Crippen molar-refractivity contribution in [2.45, 2.75) is 6.42 Å². The molecular weight excluding hydrogens is 328 g/mol. The lowest BCUT2D eigenvalue weighted by Gasteiger charge is -2.16. The van der Waals surface area contributed by atoms with Crippen LogP contribution >= 0.6 is 12.4 Å². The van der Waals surface area contributed by atoms with Gasteiger partial charge in [-0.15, -0.1) is 12.4 Å². The van der Waals surface area contributed by atoms with E-state index in [4.69, 9.17) is 4.74 Å². The maximum Gasteiger partial charge on any atom is 0.257 e. The Hall–Kier alpha value is -2.05. The number of methoxy groups -OCH3 is 1. The molecule has 1 aliphatic rings. The van der Waals surface area contributed by atoms with Gasteiger partial charge in [0.25, 0.3) is 5.91 Å². The van der Waals surface area contributed by atoms with Crippen molar-refractivity contribution in [3.8, 4) is 17.0 Å². The average molecular weight is 351 g/mol. The molecule has 24 heavy (non-hydrogen) atoms. The van der Waals surface area contributed by atoms with Gasteiger partial charge in [-0.3, -0.25) is 9.89 Å². The first-order chi connectivity index (χ1) is 11.2. The van der Waals surface area contributed by atoms with Crippen molar-refractivity contribution < 1.29 is 9.53 Å². The highest BCUT2D eigenvalue weighted by Gasteiger charge is 2.28. The number of aromatic amines is 1. The first-order valence-corrected chi connectivity index (χ1v) is 7.84. The van der Waals surface area contributed by atoms with Crippen LogP contribution in [-0.4, -0.2) is 54.8 Å². The SMILES string of the molecule is CNCC1CCN(C(=O)c2cn[nH]c2-c2ccc(OC)cc2)C1.Cl. The van der Waals surface area contributed by atoms with Gasteiger partial charge in [0.05, 0.1) is 24.6 Å². The summed E-state index contributed by atoms with van der Waals surface area (Å²) < 4.78 is 5.17. The van der Waals surface area contributed by atoms with Crippen molar-refractivity contribution in [1.29, 1.82) is 0 Å². The Kier molecular flexibility index (Phi) is 6.23. The summed E-state index contributed by atoms with van der Waals surface area (Å²) >= 11 is 0. The normalized spacial score (nSPS) is 16.8. The van der Waals surface area contributed by atoms with Crippen molar-refractivity contribution in [1.82, 2.24) is 20.4 Å². The number of nitrogens with zero attached hydrogens (tertiary/aromatic N) is 2. The lowest BCUT2D eigenvalue weighted by Crippen LogP contribution is -2.30. The predicted molar refractivity (Wildman–Crippen MR) is 95.8 cm³/mol. The van der Waals surface area contributed by atoms with Crippen molar-refractivity contribution in [2.24, 2.45) is 5.92 Å². The van der Waals surface area contributed by atoms with Crippen molar-refractivity contribution in [2.75, 3.05) is 33.8 Å². The molecule has 1 unspecified atom stereocenters. The molecule has 1 fully saturated rings. The minimum Gasteiger partial charge on any atom is -0.497 e. The Morgan fingerprint density at radius 2 is 2.17 bits per heavy atom. The van der Waals surface area contributed by atoms with Crippen LogP contribution in [0, 0.1) is 5.92 Å². The maximum absolute atomic E-state index is 12.8. The maximum atomic E-state index is 12.8. The quantitative estimate of drug-likeness (QED) is 0.867. The lowest BCUT2D eigenvalue weighted by atomic mass is 10.1. The first kappa shape index (κ1) is 18.3. The van der Waals surface area contributed by atoms with Crippen molar-refractivity contribution in [3.05, 3.63) is 36.0 Å². The third-order valence-corrected chi connectivity index (χ3v) is 4.31. The molecule has 1 saturated heterocycles. The summed E-state index contributed by atoms with van der Waals surface area (Å²) in [7, 11) is 3.58. The Morgan fingerprint density at radius 3 is 2.83 bits per heavy atom. The van der Waals surface area contributed by atoms with E-state index in [2.05, 4.69) is 15.5 Å². The Balaban J connectivity index is 0.00000208. The molecule has 3 rings (SSSR count). The molecule has 1 aromatic carbocycles. The van der Waals surface area contributed by atoms with E-state index < -0.39 is 0 Å². The van der Waals surface area contributed by atoms with E-state index in [1.165, 1.54) is 0 Å². The van der Waals surface area contributed by atoms with Crippen LogP contribution in [0.3, 0.4) is 0 Å². The Bertz CT molecular complexity index is 671.